The third-order valence-electron chi connectivity index (χ3n) is 4.43. The number of carbonyl (C=O) groups is 1. The van der Waals surface area contributed by atoms with Gasteiger partial charge in [0.15, 0.2) is 0 Å². The number of rotatable bonds is 6. The minimum Gasteiger partial charge on any atom is -0.424 e. The maximum atomic E-state index is 13.0. The van der Waals surface area contributed by atoms with Crippen LogP contribution in [0.2, 0.25) is 0 Å². The summed E-state index contributed by atoms with van der Waals surface area (Å²) in [5.41, 5.74) is 3.29. The predicted octanol–water partition coefficient (Wildman–Crippen LogP) is 5.01. The van der Waals surface area contributed by atoms with Crippen molar-refractivity contribution in [1.82, 2.24) is 15.3 Å². The first-order chi connectivity index (χ1) is 14.7. The van der Waals surface area contributed by atoms with E-state index in [1.54, 1.807) is 24.5 Å². The van der Waals surface area contributed by atoms with E-state index in [2.05, 4.69) is 15.3 Å². The van der Waals surface area contributed by atoms with Crippen molar-refractivity contribution in [2.24, 2.45) is 0 Å². The molecule has 0 saturated carbocycles. The van der Waals surface area contributed by atoms with Crippen molar-refractivity contribution in [3.05, 3.63) is 108 Å². The fourth-order valence-electron chi connectivity index (χ4n) is 2.82. The summed E-state index contributed by atoms with van der Waals surface area (Å²) in [7, 11) is 0. The van der Waals surface area contributed by atoms with Crippen molar-refractivity contribution in [2.45, 2.75) is 6.54 Å². The maximum absolute atomic E-state index is 13.0. The van der Waals surface area contributed by atoms with Gasteiger partial charge >= 0.3 is 6.01 Å². The van der Waals surface area contributed by atoms with E-state index < -0.39 is 0 Å². The molecule has 148 valence electrons. The number of halogens is 1. The number of nitrogens with one attached hydrogen (secondary N) is 1. The molecule has 0 spiro atoms. The normalized spacial score (nSPS) is 10.4. The first-order valence-electron chi connectivity index (χ1n) is 9.35. The van der Waals surface area contributed by atoms with E-state index in [0.717, 1.165) is 16.7 Å². The molecule has 0 aliphatic rings. The summed E-state index contributed by atoms with van der Waals surface area (Å²) in [6.45, 7) is 0.477. The lowest BCUT2D eigenvalue weighted by Crippen LogP contribution is -2.22. The highest BCUT2D eigenvalue weighted by atomic mass is 19.1. The highest BCUT2D eigenvalue weighted by molar-refractivity contribution is 5.94. The monoisotopic (exact) mass is 399 g/mol. The minimum atomic E-state index is -0.337. The van der Waals surface area contributed by atoms with Gasteiger partial charge in [-0.2, -0.15) is 0 Å². The van der Waals surface area contributed by atoms with Crippen LogP contribution in [0.4, 0.5) is 4.39 Å². The first kappa shape index (κ1) is 19.3. The van der Waals surface area contributed by atoms with E-state index in [1.165, 1.54) is 24.3 Å². The summed E-state index contributed by atoms with van der Waals surface area (Å²) in [6, 6.07) is 22.8. The number of hydrogen-bond donors (Lipinski definition) is 1. The quantitative estimate of drug-likeness (QED) is 0.495. The highest BCUT2D eigenvalue weighted by Gasteiger charge is 2.07. The Kier molecular flexibility index (Phi) is 5.75. The van der Waals surface area contributed by atoms with Gasteiger partial charge in [-0.25, -0.2) is 14.4 Å². The molecule has 0 bridgehead atoms. The smallest absolute Gasteiger partial charge is 0.321 e. The van der Waals surface area contributed by atoms with Crippen molar-refractivity contribution in [3.8, 4) is 22.9 Å². The number of hydrogen-bond acceptors (Lipinski definition) is 4. The van der Waals surface area contributed by atoms with Gasteiger partial charge in [-0.15, -0.1) is 0 Å². The largest absolute Gasteiger partial charge is 0.424 e. The Morgan fingerprint density at radius 3 is 2.17 bits per heavy atom. The molecule has 1 heterocycles. The number of carbonyl (C=O) groups excluding carboxylic acids is 1. The molecule has 1 amide bonds. The fraction of sp³-hybridized carbons (Fsp3) is 0.0417. The Balaban J connectivity index is 1.38. The molecule has 1 aromatic heterocycles. The second-order valence-corrected chi connectivity index (χ2v) is 6.56. The van der Waals surface area contributed by atoms with E-state index in [-0.39, 0.29) is 17.7 Å². The number of benzene rings is 3. The van der Waals surface area contributed by atoms with E-state index in [4.69, 9.17) is 4.74 Å². The van der Waals surface area contributed by atoms with Crippen molar-refractivity contribution < 1.29 is 13.9 Å². The SMILES string of the molecule is O=C(NCc1ccccc1)c1ccc(-c2cnc(Oc3ccc(F)cc3)nc2)cc1. The van der Waals surface area contributed by atoms with Crippen LogP contribution in [0.15, 0.2) is 91.3 Å². The molecule has 6 heteroatoms. The van der Waals surface area contributed by atoms with Crippen LogP contribution in [-0.2, 0) is 6.54 Å². The average molecular weight is 399 g/mol. The molecule has 4 aromatic rings. The topological polar surface area (TPSA) is 64.1 Å². The lowest BCUT2D eigenvalue weighted by Gasteiger charge is -2.07. The van der Waals surface area contributed by atoms with Crippen molar-refractivity contribution in [3.63, 3.8) is 0 Å². The number of nitrogens with zero attached hydrogens (tertiary/aromatic N) is 2. The van der Waals surface area contributed by atoms with Crippen molar-refractivity contribution in [1.29, 1.82) is 0 Å². The van der Waals surface area contributed by atoms with E-state index in [0.29, 0.717) is 17.9 Å². The fourth-order valence-corrected chi connectivity index (χ4v) is 2.82. The predicted molar refractivity (Wildman–Crippen MR) is 112 cm³/mol. The molecule has 30 heavy (non-hydrogen) atoms. The van der Waals surface area contributed by atoms with Gasteiger partial charge in [0.2, 0.25) is 0 Å². The maximum Gasteiger partial charge on any atom is 0.321 e. The van der Waals surface area contributed by atoms with Gasteiger partial charge < -0.3 is 10.1 Å². The summed E-state index contributed by atoms with van der Waals surface area (Å²) in [6.07, 6.45) is 3.27. The Hall–Kier alpha value is -4.06. The summed E-state index contributed by atoms with van der Waals surface area (Å²) in [5, 5.41) is 2.90. The Morgan fingerprint density at radius 2 is 1.50 bits per heavy atom. The summed E-state index contributed by atoms with van der Waals surface area (Å²) in [5.74, 6) is -0.0180. The zero-order chi connectivity index (χ0) is 20.8. The number of ether oxygens (including phenoxy) is 1. The average Bonchev–Trinajstić information content (AvgIpc) is 2.80. The van der Waals surface area contributed by atoms with E-state index in [9.17, 15) is 9.18 Å². The lowest BCUT2D eigenvalue weighted by atomic mass is 10.1. The van der Waals surface area contributed by atoms with Crippen LogP contribution in [0.5, 0.6) is 11.8 Å². The van der Waals surface area contributed by atoms with Gasteiger partial charge in [0.25, 0.3) is 5.91 Å². The molecule has 0 saturated heterocycles. The Bertz CT molecular complexity index is 1110. The van der Waals surface area contributed by atoms with E-state index in [1.807, 2.05) is 42.5 Å². The standard InChI is InChI=1S/C24H18FN3O2/c25-21-10-12-22(13-11-21)30-24-27-15-20(16-28-24)18-6-8-19(9-7-18)23(29)26-14-17-4-2-1-3-5-17/h1-13,15-16H,14H2,(H,26,29). The van der Waals surface area contributed by atoms with Gasteiger partial charge in [0, 0.05) is 30.1 Å². The Morgan fingerprint density at radius 1 is 0.833 bits per heavy atom. The van der Waals surface area contributed by atoms with Crippen LogP contribution >= 0.6 is 0 Å². The minimum absolute atomic E-state index is 0.135. The van der Waals surface area contributed by atoms with Crippen LogP contribution in [0.25, 0.3) is 11.1 Å². The molecule has 4 rings (SSSR count). The van der Waals surface area contributed by atoms with Gasteiger partial charge in [-0.1, -0.05) is 42.5 Å². The molecule has 0 aliphatic carbocycles. The van der Waals surface area contributed by atoms with E-state index >= 15 is 0 Å². The highest BCUT2D eigenvalue weighted by Crippen LogP contribution is 2.22. The molecule has 0 unspecified atom stereocenters. The lowest BCUT2D eigenvalue weighted by molar-refractivity contribution is 0.0951. The first-order valence-corrected chi connectivity index (χ1v) is 9.35. The molecular formula is C24H18FN3O2. The van der Waals surface area contributed by atoms with Gasteiger partial charge in [-0.05, 0) is 47.5 Å². The summed E-state index contributed by atoms with van der Waals surface area (Å²) >= 11 is 0. The molecular weight excluding hydrogens is 381 g/mol. The van der Waals surface area contributed by atoms with Gasteiger partial charge in [0.1, 0.15) is 11.6 Å². The molecule has 3 aromatic carbocycles. The molecule has 0 aliphatic heterocycles. The van der Waals surface area contributed by atoms with Gasteiger partial charge in [0.05, 0.1) is 0 Å². The van der Waals surface area contributed by atoms with Gasteiger partial charge in [-0.3, -0.25) is 4.79 Å². The number of aromatic nitrogens is 2. The molecule has 0 atom stereocenters. The van der Waals surface area contributed by atoms with Crippen LogP contribution in [0.3, 0.4) is 0 Å². The third-order valence-corrected chi connectivity index (χ3v) is 4.43. The summed E-state index contributed by atoms with van der Waals surface area (Å²) in [4.78, 5) is 20.7. The van der Waals surface area contributed by atoms with Crippen LogP contribution < -0.4 is 10.1 Å². The zero-order valence-corrected chi connectivity index (χ0v) is 16.0. The molecule has 5 nitrogen and oxygen atoms in total. The van der Waals surface area contributed by atoms with Crippen LogP contribution in [-0.4, -0.2) is 15.9 Å². The molecule has 1 N–H and O–H groups in total. The molecule has 0 fully saturated rings. The van der Waals surface area contributed by atoms with Crippen molar-refractivity contribution >= 4 is 5.91 Å². The second-order valence-electron chi connectivity index (χ2n) is 6.56. The zero-order valence-electron chi connectivity index (χ0n) is 16.0. The third kappa shape index (κ3) is 4.86. The Labute approximate surface area is 173 Å². The van der Waals surface area contributed by atoms with Crippen LogP contribution in [0.1, 0.15) is 15.9 Å². The second kappa shape index (κ2) is 8.96. The molecule has 0 radical (unpaired) electrons. The van der Waals surface area contributed by atoms with Crippen LogP contribution in [0, 0.1) is 5.82 Å². The number of amides is 1. The van der Waals surface area contributed by atoms with Crippen molar-refractivity contribution in [2.75, 3.05) is 0 Å². The summed E-state index contributed by atoms with van der Waals surface area (Å²) < 4.78 is 18.4.